The van der Waals surface area contributed by atoms with E-state index in [9.17, 15) is 13.2 Å². The SMILES string of the molecule is CCCNS(=O)(=O)c1ccc(NC(=O)C[C@@H]2CCC[C@H]2N)cc1. The third-order valence-corrected chi connectivity index (χ3v) is 5.63. The molecule has 2 rings (SSSR count). The minimum absolute atomic E-state index is 0.0768. The maximum absolute atomic E-state index is 12.0. The fourth-order valence-electron chi connectivity index (χ4n) is 2.81. The number of rotatable bonds is 7. The Morgan fingerprint density at radius 2 is 1.96 bits per heavy atom. The maximum atomic E-state index is 12.0. The molecule has 1 saturated carbocycles. The summed E-state index contributed by atoms with van der Waals surface area (Å²) in [5.74, 6) is 0.167. The van der Waals surface area contributed by atoms with E-state index < -0.39 is 10.0 Å². The highest BCUT2D eigenvalue weighted by Gasteiger charge is 2.26. The van der Waals surface area contributed by atoms with Crippen LogP contribution >= 0.6 is 0 Å². The van der Waals surface area contributed by atoms with E-state index in [1.165, 1.54) is 12.1 Å². The molecule has 1 fully saturated rings. The lowest BCUT2D eigenvalue weighted by Gasteiger charge is -2.15. The number of nitrogens with two attached hydrogens (primary N) is 1. The van der Waals surface area contributed by atoms with Gasteiger partial charge in [-0.15, -0.1) is 0 Å². The molecule has 6 nitrogen and oxygen atoms in total. The van der Waals surface area contributed by atoms with Gasteiger partial charge in [-0.2, -0.15) is 0 Å². The number of nitrogens with one attached hydrogen (secondary N) is 2. The van der Waals surface area contributed by atoms with Crippen molar-refractivity contribution in [1.82, 2.24) is 4.72 Å². The molecule has 4 N–H and O–H groups in total. The van der Waals surface area contributed by atoms with Gasteiger partial charge in [0.1, 0.15) is 0 Å². The van der Waals surface area contributed by atoms with Gasteiger partial charge < -0.3 is 11.1 Å². The van der Waals surface area contributed by atoms with E-state index in [2.05, 4.69) is 10.0 Å². The van der Waals surface area contributed by atoms with Gasteiger partial charge in [0.15, 0.2) is 0 Å². The molecule has 0 aliphatic heterocycles. The largest absolute Gasteiger partial charge is 0.327 e. The Morgan fingerprint density at radius 1 is 1.26 bits per heavy atom. The second kappa shape index (κ2) is 7.90. The van der Waals surface area contributed by atoms with Crippen LogP contribution in [0.4, 0.5) is 5.69 Å². The number of sulfonamides is 1. The van der Waals surface area contributed by atoms with E-state index in [-0.39, 0.29) is 22.8 Å². The predicted octanol–water partition coefficient (Wildman–Crippen LogP) is 1.83. The first-order valence-electron chi connectivity index (χ1n) is 8.07. The van der Waals surface area contributed by atoms with Crippen LogP contribution in [0.5, 0.6) is 0 Å². The van der Waals surface area contributed by atoms with Gasteiger partial charge in [0.25, 0.3) is 0 Å². The first kappa shape index (κ1) is 17.9. The normalized spacial score (nSPS) is 21.3. The fourth-order valence-corrected chi connectivity index (χ4v) is 3.94. The average Bonchev–Trinajstić information content (AvgIpc) is 2.91. The lowest BCUT2D eigenvalue weighted by Crippen LogP contribution is -2.28. The zero-order valence-corrected chi connectivity index (χ0v) is 14.2. The van der Waals surface area contributed by atoms with Gasteiger partial charge in [-0.3, -0.25) is 4.79 Å². The van der Waals surface area contributed by atoms with E-state index in [4.69, 9.17) is 5.73 Å². The van der Waals surface area contributed by atoms with Crippen LogP contribution in [0.25, 0.3) is 0 Å². The summed E-state index contributed by atoms with van der Waals surface area (Å²) in [5, 5.41) is 2.80. The smallest absolute Gasteiger partial charge is 0.240 e. The lowest BCUT2D eigenvalue weighted by atomic mass is 10.00. The summed E-state index contributed by atoms with van der Waals surface area (Å²) in [5.41, 5.74) is 6.57. The quantitative estimate of drug-likeness (QED) is 0.705. The van der Waals surface area contributed by atoms with Gasteiger partial charge in [-0.1, -0.05) is 13.3 Å². The highest BCUT2D eigenvalue weighted by molar-refractivity contribution is 7.89. The minimum atomic E-state index is -3.47. The van der Waals surface area contributed by atoms with E-state index in [1.807, 2.05) is 6.92 Å². The van der Waals surface area contributed by atoms with Crippen molar-refractivity contribution in [2.45, 2.75) is 50.0 Å². The maximum Gasteiger partial charge on any atom is 0.240 e. The molecule has 1 aliphatic rings. The minimum Gasteiger partial charge on any atom is -0.327 e. The number of benzene rings is 1. The molecule has 1 aromatic rings. The van der Waals surface area contributed by atoms with Crippen LogP contribution in [0.2, 0.25) is 0 Å². The number of hydrogen-bond donors (Lipinski definition) is 3. The number of anilines is 1. The van der Waals surface area contributed by atoms with E-state index in [0.717, 1.165) is 25.7 Å². The van der Waals surface area contributed by atoms with Gasteiger partial charge in [-0.25, -0.2) is 13.1 Å². The van der Waals surface area contributed by atoms with Crippen LogP contribution in [0.3, 0.4) is 0 Å². The van der Waals surface area contributed by atoms with Crippen LogP contribution in [-0.4, -0.2) is 26.9 Å². The molecule has 1 aromatic carbocycles. The summed E-state index contributed by atoms with van der Waals surface area (Å²) in [6, 6.07) is 6.31. The summed E-state index contributed by atoms with van der Waals surface area (Å²) >= 11 is 0. The molecule has 0 aromatic heterocycles. The Bertz CT molecular complexity index is 628. The van der Waals surface area contributed by atoms with Crippen molar-refractivity contribution < 1.29 is 13.2 Å². The third-order valence-electron chi connectivity index (χ3n) is 4.16. The van der Waals surface area contributed by atoms with Crippen LogP contribution in [0.1, 0.15) is 39.0 Å². The van der Waals surface area contributed by atoms with Gasteiger partial charge in [-0.05, 0) is 49.4 Å². The lowest BCUT2D eigenvalue weighted by molar-refractivity contribution is -0.117. The number of amides is 1. The van der Waals surface area contributed by atoms with Crippen molar-refractivity contribution in [2.75, 3.05) is 11.9 Å². The molecule has 1 amide bonds. The van der Waals surface area contributed by atoms with Crippen molar-refractivity contribution in [3.63, 3.8) is 0 Å². The van der Waals surface area contributed by atoms with Gasteiger partial charge in [0, 0.05) is 24.7 Å². The summed E-state index contributed by atoms with van der Waals surface area (Å²) in [6.45, 7) is 2.31. The number of hydrogen-bond acceptors (Lipinski definition) is 4. The van der Waals surface area contributed by atoms with Gasteiger partial charge in [0.2, 0.25) is 15.9 Å². The van der Waals surface area contributed by atoms with Gasteiger partial charge in [0.05, 0.1) is 4.90 Å². The Kier molecular flexibility index (Phi) is 6.15. The molecule has 1 aliphatic carbocycles. The number of carbonyl (C=O) groups is 1. The zero-order chi connectivity index (χ0) is 16.9. The van der Waals surface area contributed by atoms with Crippen molar-refractivity contribution in [3.8, 4) is 0 Å². The molecule has 2 atom stereocenters. The highest BCUT2D eigenvalue weighted by Crippen LogP contribution is 2.27. The molecule has 0 spiro atoms. The van der Waals surface area contributed by atoms with Gasteiger partial charge >= 0.3 is 0 Å². The van der Waals surface area contributed by atoms with Crippen LogP contribution in [0.15, 0.2) is 29.2 Å². The van der Waals surface area contributed by atoms with Crippen molar-refractivity contribution in [1.29, 1.82) is 0 Å². The first-order valence-corrected chi connectivity index (χ1v) is 9.56. The Balaban J connectivity index is 1.93. The molecule has 0 radical (unpaired) electrons. The van der Waals surface area contributed by atoms with Crippen LogP contribution < -0.4 is 15.8 Å². The Hall–Kier alpha value is -1.44. The van der Waals surface area contributed by atoms with Crippen molar-refractivity contribution in [3.05, 3.63) is 24.3 Å². The highest BCUT2D eigenvalue weighted by atomic mass is 32.2. The van der Waals surface area contributed by atoms with Crippen LogP contribution in [-0.2, 0) is 14.8 Å². The second-order valence-corrected chi connectivity index (χ2v) is 7.80. The van der Waals surface area contributed by atoms with Crippen LogP contribution in [0, 0.1) is 5.92 Å². The molecule has 0 unspecified atom stereocenters. The molecule has 7 heteroatoms. The average molecular weight is 339 g/mol. The van der Waals surface area contributed by atoms with E-state index in [1.54, 1.807) is 12.1 Å². The van der Waals surface area contributed by atoms with E-state index in [0.29, 0.717) is 18.7 Å². The van der Waals surface area contributed by atoms with E-state index >= 15 is 0 Å². The summed E-state index contributed by atoms with van der Waals surface area (Å²) < 4.78 is 26.5. The molecule has 0 saturated heterocycles. The summed E-state index contributed by atoms with van der Waals surface area (Å²) in [7, 11) is -3.47. The molecular formula is C16H25N3O3S. The summed E-state index contributed by atoms with van der Waals surface area (Å²) in [6.07, 6.45) is 4.20. The first-order chi connectivity index (χ1) is 10.9. The Labute approximate surface area is 137 Å². The predicted molar refractivity (Wildman–Crippen MR) is 90.5 cm³/mol. The zero-order valence-electron chi connectivity index (χ0n) is 13.4. The third kappa shape index (κ3) is 5.02. The molecular weight excluding hydrogens is 314 g/mol. The van der Waals surface area contributed by atoms with Crippen molar-refractivity contribution in [2.24, 2.45) is 11.7 Å². The molecule has 128 valence electrons. The Morgan fingerprint density at radius 3 is 2.52 bits per heavy atom. The molecule has 23 heavy (non-hydrogen) atoms. The fraction of sp³-hybridized carbons (Fsp3) is 0.562. The molecule has 0 bridgehead atoms. The second-order valence-electron chi connectivity index (χ2n) is 6.03. The standard InChI is InChI=1S/C16H25N3O3S/c1-2-10-18-23(21,22)14-8-6-13(7-9-14)19-16(20)11-12-4-3-5-15(12)17/h6-9,12,15,18H,2-5,10-11,17H2,1H3,(H,19,20)/t12-,15+/m0/s1. The number of carbonyl (C=O) groups excluding carboxylic acids is 1. The monoisotopic (exact) mass is 339 g/mol. The van der Waals surface area contributed by atoms with Crippen molar-refractivity contribution >= 4 is 21.6 Å². The molecule has 0 heterocycles. The topological polar surface area (TPSA) is 101 Å². The summed E-state index contributed by atoms with van der Waals surface area (Å²) in [4.78, 5) is 12.2.